The fourth-order valence-electron chi connectivity index (χ4n) is 1.99. The van der Waals surface area contributed by atoms with Crippen LogP contribution in [0, 0.1) is 0 Å². The molecule has 5 heteroatoms. The Morgan fingerprint density at radius 2 is 2.25 bits per heavy atom. The van der Waals surface area contributed by atoms with Gasteiger partial charge in [-0.1, -0.05) is 46.9 Å². The zero-order valence-corrected chi connectivity index (χ0v) is 14.2. The molecule has 0 aliphatic rings. The van der Waals surface area contributed by atoms with E-state index in [-0.39, 0.29) is 11.9 Å². The molecule has 1 aromatic heterocycles. The van der Waals surface area contributed by atoms with Crippen molar-refractivity contribution >= 4 is 44.8 Å². The van der Waals surface area contributed by atoms with Crippen LogP contribution >= 0.6 is 38.9 Å². The maximum Gasteiger partial charge on any atom is 0.251 e. The van der Waals surface area contributed by atoms with Crippen molar-refractivity contribution in [3.05, 3.63) is 55.6 Å². The highest BCUT2D eigenvalue weighted by molar-refractivity contribution is 9.10. The van der Waals surface area contributed by atoms with Crippen LogP contribution in [0.25, 0.3) is 0 Å². The van der Waals surface area contributed by atoms with Gasteiger partial charge in [-0.15, -0.1) is 11.3 Å². The van der Waals surface area contributed by atoms with Crippen LogP contribution in [0.2, 0.25) is 5.02 Å². The van der Waals surface area contributed by atoms with Gasteiger partial charge in [0.1, 0.15) is 0 Å². The van der Waals surface area contributed by atoms with Crippen molar-refractivity contribution in [1.29, 1.82) is 0 Å². The molecule has 1 heterocycles. The van der Waals surface area contributed by atoms with Crippen LogP contribution in [-0.2, 0) is 0 Å². The standard InChI is InChI=1S/C15H15BrClNOS/c1-2-4-13(14-5-3-6-20-14)18-15(19)10-7-11(16)9-12(17)8-10/h3,5-9,13H,2,4H2,1H3,(H,18,19). The van der Waals surface area contributed by atoms with Gasteiger partial charge >= 0.3 is 0 Å². The Balaban J connectivity index is 2.16. The van der Waals surface area contributed by atoms with Crippen LogP contribution in [0.3, 0.4) is 0 Å². The lowest BCUT2D eigenvalue weighted by atomic mass is 10.1. The summed E-state index contributed by atoms with van der Waals surface area (Å²) in [6.07, 6.45) is 1.94. The molecule has 2 aromatic rings. The molecule has 20 heavy (non-hydrogen) atoms. The van der Waals surface area contributed by atoms with Gasteiger partial charge in [0, 0.05) is 19.9 Å². The minimum absolute atomic E-state index is 0.0604. The number of thiophene rings is 1. The van der Waals surface area contributed by atoms with Crippen molar-refractivity contribution in [2.75, 3.05) is 0 Å². The SMILES string of the molecule is CCCC(NC(=O)c1cc(Cl)cc(Br)c1)c1cccs1. The second-order valence-electron chi connectivity index (χ2n) is 4.49. The summed E-state index contributed by atoms with van der Waals surface area (Å²) < 4.78 is 0.804. The smallest absolute Gasteiger partial charge is 0.251 e. The molecular formula is C15H15BrClNOS. The molecule has 1 unspecified atom stereocenters. The summed E-state index contributed by atoms with van der Waals surface area (Å²) in [6.45, 7) is 2.11. The number of carbonyl (C=O) groups is 1. The van der Waals surface area contributed by atoms with Gasteiger partial charge in [-0.3, -0.25) is 4.79 Å². The van der Waals surface area contributed by atoms with Crippen molar-refractivity contribution in [3.8, 4) is 0 Å². The zero-order chi connectivity index (χ0) is 14.5. The van der Waals surface area contributed by atoms with Crippen LogP contribution < -0.4 is 5.32 Å². The molecule has 1 atom stereocenters. The van der Waals surface area contributed by atoms with Crippen molar-refractivity contribution in [2.45, 2.75) is 25.8 Å². The van der Waals surface area contributed by atoms with Gasteiger partial charge in [-0.05, 0) is 36.1 Å². The van der Waals surface area contributed by atoms with E-state index in [9.17, 15) is 4.79 Å². The van der Waals surface area contributed by atoms with Crippen LogP contribution in [0.4, 0.5) is 0 Å². The molecule has 0 radical (unpaired) electrons. The topological polar surface area (TPSA) is 29.1 Å². The molecule has 0 fully saturated rings. The van der Waals surface area contributed by atoms with Crippen molar-refractivity contribution in [3.63, 3.8) is 0 Å². The number of hydrogen-bond donors (Lipinski definition) is 1. The Labute approximate surface area is 136 Å². The van der Waals surface area contributed by atoms with E-state index in [0.29, 0.717) is 10.6 Å². The first kappa shape index (κ1) is 15.5. The maximum atomic E-state index is 12.3. The summed E-state index contributed by atoms with van der Waals surface area (Å²) in [5.41, 5.74) is 0.571. The third kappa shape index (κ3) is 4.08. The minimum atomic E-state index is -0.0972. The maximum absolute atomic E-state index is 12.3. The van der Waals surface area contributed by atoms with Crippen molar-refractivity contribution < 1.29 is 4.79 Å². The van der Waals surface area contributed by atoms with E-state index in [1.807, 2.05) is 11.4 Å². The lowest BCUT2D eigenvalue weighted by Crippen LogP contribution is -2.28. The van der Waals surface area contributed by atoms with E-state index < -0.39 is 0 Å². The first-order valence-corrected chi connectivity index (χ1v) is 8.45. The zero-order valence-electron chi connectivity index (χ0n) is 11.0. The van der Waals surface area contributed by atoms with E-state index in [1.54, 1.807) is 29.5 Å². The second-order valence-corrected chi connectivity index (χ2v) is 6.82. The molecule has 2 nitrogen and oxygen atoms in total. The summed E-state index contributed by atoms with van der Waals surface area (Å²) in [6, 6.07) is 9.34. The van der Waals surface area contributed by atoms with Crippen LogP contribution in [0.5, 0.6) is 0 Å². The van der Waals surface area contributed by atoms with Gasteiger partial charge < -0.3 is 5.32 Å². The van der Waals surface area contributed by atoms with Gasteiger partial charge in [0.05, 0.1) is 6.04 Å². The van der Waals surface area contributed by atoms with Gasteiger partial charge in [-0.2, -0.15) is 0 Å². The number of carbonyl (C=O) groups excluding carboxylic acids is 1. The van der Waals surface area contributed by atoms with Crippen molar-refractivity contribution in [2.24, 2.45) is 0 Å². The Morgan fingerprint density at radius 3 is 2.85 bits per heavy atom. The lowest BCUT2D eigenvalue weighted by molar-refractivity contribution is 0.0935. The molecule has 0 bridgehead atoms. The molecular weight excluding hydrogens is 358 g/mol. The molecule has 0 aliphatic heterocycles. The summed E-state index contributed by atoms with van der Waals surface area (Å²) in [7, 11) is 0. The lowest BCUT2D eigenvalue weighted by Gasteiger charge is -2.17. The molecule has 1 amide bonds. The quantitative estimate of drug-likeness (QED) is 0.744. The highest BCUT2D eigenvalue weighted by Gasteiger charge is 2.16. The molecule has 0 spiro atoms. The molecule has 0 saturated heterocycles. The Bertz CT molecular complexity index is 565. The number of halogens is 2. The first-order chi connectivity index (χ1) is 9.60. The largest absolute Gasteiger partial charge is 0.344 e. The third-order valence-electron chi connectivity index (χ3n) is 2.89. The normalized spacial score (nSPS) is 12.2. The van der Waals surface area contributed by atoms with E-state index in [0.717, 1.165) is 17.3 Å². The van der Waals surface area contributed by atoms with E-state index >= 15 is 0 Å². The predicted molar refractivity (Wildman–Crippen MR) is 88.6 cm³/mol. The van der Waals surface area contributed by atoms with Crippen LogP contribution in [-0.4, -0.2) is 5.91 Å². The van der Waals surface area contributed by atoms with Crippen molar-refractivity contribution in [1.82, 2.24) is 5.32 Å². The van der Waals surface area contributed by atoms with Gasteiger partial charge in [0.15, 0.2) is 0 Å². The number of nitrogens with one attached hydrogen (secondary N) is 1. The van der Waals surface area contributed by atoms with E-state index in [4.69, 9.17) is 11.6 Å². The highest BCUT2D eigenvalue weighted by Crippen LogP contribution is 2.25. The molecule has 0 aliphatic carbocycles. The number of benzene rings is 1. The summed E-state index contributed by atoms with van der Waals surface area (Å²) in [5, 5.41) is 5.66. The molecule has 1 aromatic carbocycles. The average Bonchev–Trinajstić information content (AvgIpc) is 2.90. The van der Waals surface area contributed by atoms with Gasteiger partial charge in [0.25, 0.3) is 5.91 Å². The van der Waals surface area contributed by atoms with Gasteiger partial charge in [-0.25, -0.2) is 0 Å². The summed E-state index contributed by atoms with van der Waals surface area (Å²) in [5.74, 6) is -0.0972. The monoisotopic (exact) mass is 371 g/mol. The Morgan fingerprint density at radius 1 is 1.45 bits per heavy atom. The molecule has 1 N–H and O–H groups in total. The van der Waals surface area contributed by atoms with Crippen LogP contribution in [0.1, 0.15) is 41.0 Å². The van der Waals surface area contributed by atoms with Gasteiger partial charge in [0.2, 0.25) is 0 Å². The predicted octanol–water partition coefficient (Wildman–Crippen LogP) is 5.44. The first-order valence-electron chi connectivity index (χ1n) is 6.40. The van der Waals surface area contributed by atoms with Crippen LogP contribution in [0.15, 0.2) is 40.2 Å². The molecule has 106 valence electrons. The number of rotatable bonds is 5. The fourth-order valence-corrected chi connectivity index (χ4v) is 3.66. The molecule has 0 saturated carbocycles. The average molecular weight is 373 g/mol. The number of amides is 1. The summed E-state index contributed by atoms with van der Waals surface area (Å²) in [4.78, 5) is 13.5. The van der Waals surface area contributed by atoms with E-state index in [2.05, 4.69) is 34.2 Å². The molecule has 2 rings (SSSR count). The third-order valence-corrected chi connectivity index (χ3v) is 4.56. The Hall–Kier alpha value is -0.840. The summed E-state index contributed by atoms with van der Waals surface area (Å²) >= 11 is 11.0. The second kappa shape index (κ2) is 7.25. The highest BCUT2D eigenvalue weighted by atomic mass is 79.9. The van der Waals surface area contributed by atoms with E-state index in [1.165, 1.54) is 4.88 Å². The fraction of sp³-hybridized carbons (Fsp3) is 0.267. The minimum Gasteiger partial charge on any atom is -0.344 e. The Kier molecular flexibility index (Phi) is 5.64. The number of hydrogen-bond acceptors (Lipinski definition) is 2.